The van der Waals surface area contributed by atoms with Gasteiger partial charge in [-0.2, -0.15) is 0 Å². The van der Waals surface area contributed by atoms with Gasteiger partial charge in [-0.05, 0) is 43.2 Å². The van der Waals surface area contributed by atoms with Crippen LogP contribution in [0.15, 0.2) is 24.3 Å². The maximum absolute atomic E-state index is 6.07. The molecular weight excluding hydrogens is 290 g/mol. The highest BCUT2D eigenvalue weighted by atomic mass is 35.5. The van der Waals surface area contributed by atoms with Gasteiger partial charge < -0.3 is 10.3 Å². The average molecular weight is 306 g/mol. The molecule has 0 saturated carbocycles. The summed E-state index contributed by atoms with van der Waals surface area (Å²) in [6, 6.07) is 7.87. The van der Waals surface area contributed by atoms with Crippen LogP contribution >= 0.6 is 22.9 Å². The predicted molar refractivity (Wildman–Crippen MR) is 87.5 cm³/mol. The number of rotatable bonds is 3. The lowest BCUT2D eigenvalue weighted by Crippen LogP contribution is -1.99. The van der Waals surface area contributed by atoms with Crippen molar-refractivity contribution in [3.8, 4) is 10.7 Å². The highest BCUT2D eigenvalue weighted by Crippen LogP contribution is 2.35. The molecular formula is C15H16ClN3S. The molecule has 0 aliphatic heterocycles. The van der Waals surface area contributed by atoms with Crippen LogP contribution < -0.4 is 5.73 Å². The molecule has 0 fully saturated rings. The van der Waals surface area contributed by atoms with Crippen LogP contribution in [0.5, 0.6) is 0 Å². The van der Waals surface area contributed by atoms with E-state index in [0.717, 1.165) is 39.7 Å². The number of aromatic nitrogens is 2. The zero-order chi connectivity index (χ0) is 14.3. The fraction of sp³-hybridized carbons (Fsp3) is 0.267. The quantitative estimate of drug-likeness (QED) is 0.761. The zero-order valence-corrected chi connectivity index (χ0v) is 13.1. The predicted octanol–water partition coefficient (Wildman–Crippen LogP) is 4.72. The van der Waals surface area contributed by atoms with Gasteiger partial charge in [-0.1, -0.05) is 18.5 Å². The van der Waals surface area contributed by atoms with E-state index in [-0.39, 0.29) is 0 Å². The van der Waals surface area contributed by atoms with Gasteiger partial charge in [-0.15, -0.1) is 11.3 Å². The number of imidazole rings is 1. The van der Waals surface area contributed by atoms with E-state index in [9.17, 15) is 0 Å². The maximum atomic E-state index is 6.07. The molecule has 0 amide bonds. The van der Waals surface area contributed by atoms with E-state index in [2.05, 4.69) is 18.4 Å². The summed E-state index contributed by atoms with van der Waals surface area (Å²) in [5.74, 6) is 0.989. The number of nitrogen functional groups attached to an aromatic ring is 1. The Bertz CT molecular complexity index is 773. The van der Waals surface area contributed by atoms with E-state index in [1.807, 2.05) is 24.3 Å². The van der Waals surface area contributed by atoms with Gasteiger partial charge in [0, 0.05) is 11.6 Å². The summed E-state index contributed by atoms with van der Waals surface area (Å²) in [6.45, 7) is 5.18. The molecule has 0 aliphatic carbocycles. The smallest absolute Gasteiger partial charge is 0.151 e. The summed E-state index contributed by atoms with van der Waals surface area (Å²) in [6.07, 6.45) is 1.06. The summed E-state index contributed by atoms with van der Waals surface area (Å²) >= 11 is 7.66. The third kappa shape index (κ3) is 2.19. The first-order valence-electron chi connectivity index (χ1n) is 6.62. The Morgan fingerprint density at radius 1 is 1.35 bits per heavy atom. The lowest BCUT2D eigenvalue weighted by Gasteiger charge is -2.07. The fourth-order valence-corrected chi connectivity index (χ4v) is 3.56. The van der Waals surface area contributed by atoms with Crippen molar-refractivity contribution in [2.45, 2.75) is 26.8 Å². The first-order chi connectivity index (χ1) is 9.60. The van der Waals surface area contributed by atoms with E-state index < -0.39 is 0 Å². The van der Waals surface area contributed by atoms with Gasteiger partial charge in [-0.25, -0.2) is 4.98 Å². The molecule has 5 heteroatoms. The third-order valence-corrected chi connectivity index (χ3v) is 4.59. The Balaban J connectivity index is 2.28. The first-order valence-corrected chi connectivity index (χ1v) is 7.81. The number of anilines is 1. The third-order valence-electron chi connectivity index (χ3n) is 3.30. The van der Waals surface area contributed by atoms with Crippen LogP contribution in [0.4, 0.5) is 5.00 Å². The molecule has 104 valence electrons. The Labute approximate surface area is 127 Å². The second-order valence-electron chi connectivity index (χ2n) is 4.88. The van der Waals surface area contributed by atoms with E-state index in [0.29, 0.717) is 5.02 Å². The zero-order valence-electron chi connectivity index (χ0n) is 11.5. The van der Waals surface area contributed by atoms with Crippen LogP contribution in [-0.4, -0.2) is 9.55 Å². The molecule has 2 heterocycles. The van der Waals surface area contributed by atoms with Crippen LogP contribution in [0, 0.1) is 6.92 Å². The lowest BCUT2D eigenvalue weighted by atomic mass is 10.2. The molecule has 3 rings (SSSR count). The number of halogens is 1. The number of thiophene rings is 1. The van der Waals surface area contributed by atoms with Crippen LogP contribution in [0.25, 0.3) is 21.7 Å². The molecule has 0 aliphatic rings. The van der Waals surface area contributed by atoms with Crippen LogP contribution in [0.2, 0.25) is 5.02 Å². The molecule has 1 aromatic carbocycles. The summed E-state index contributed by atoms with van der Waals surface area (Å²) in [5.41, 5.74) is 9.15. The number of benzene rings is 1. The summed E-state index contributed by atoms with van der Waals surface area (Å²) in [7, 11) is 0. The minimum Gasteiger partial charge on any atom is -0.391 e. The van der Waals surface area contributed by atoms with Gasteiger partial charge in [0.1, 0.15) is 0 Å². The van der Waals surface area contributed by atoms with Gasteiger partial charge in [0.15, 0.2) is 5.82 Å². The summed E-state index contributed by atoms with van der Waals surface area (Å²) in [4.78, 5) is 5.91. The maximum Gasteiger partial charge on any atom is 0.151 e. The topological polar surface area (TPSA) is 43.8 Å². The van der Waals surface area contributed by atoms with Gasteiger partial charge in [0.2, 0.25) is 0 Å². The van der Waals surface area contributed by atoms with Crippen molar-refractivity contribution < 1.29 is 0 Å². The van der Waals surface area contributed by atoms with Crippen LogP contribution in [0.1, 0.15) is 18.9 Å². The second-order valence-corrected chi connectivity index (χ2v) is 6.40. The van der Waals surface area contributed by atoms with E-state index in [4.69, 9.17) is 22.3 Å². The van der Waals surface area contributed by atoms with Crippen molar-refractivity contribution in [1.29, 1.82) is 0 Å². The number of nitrogens with zero attached hydrogens (tertiary/aromatic N) is 2. The molecule has 20 heavy (non-hydrogen) atoms. The minimum absolute atomic E-state index is 0.715. The highest BCUT2D eigenvalue weighted by Gasteiger charge is 2.16. The van der Waals surface area contributed by atoms with Crippen molar-refractivity contribution in [3.05, 3.63) is 34.9 Å². The van der Waals surface area contributed by atoms with Crippen LogP contribution in [-0.2, 0) is 6.54 Å². The Morgan fingerprint density at radius 3 is 2.80 bits per heavy atom. The number of aryl methyl sites for hydroxylation is 2. The number of hydrogen-bond acceptors (Lipinski definition) is 3. The molecule has 3 nitrogen and oxygen atoms in total. The molecule has 3 aromatic rings. The first kappa shape index (κ1) is 13.5. The van der Waals surface area contributed by atoms with Crippen LogP contribution in [0.3, 0.4) is 0 Å². The monoisotopic (exact) mass is 305 g/mol. The number of nitrogens with two attached hydrogens (primary N) is 1. The lowest BCUT2D eigenvalue weighted by molar-refractivity contribution is 0.705. The molecule has 0 saturated heterocycles. The van der Waals surface area contributed by atoms with Crippen molar-refractivity contribution in [1.82, 2.24) is 9.55 Å². The Hall–Kier alpha value is -1.52. The summed E-state index contributed by atoms with van der Waals surface area (Å²) in [5, 5.41) is 1.54. The normalized spacial score (nSPS) is 11.3. The molecule has 2 N–H and O–H groups in total. The molecule has 0 bridgehead atoms. The number of hydrogen-bond donors (Lipinski definition) is 1. The van der Waals surface area contributed by atoms with Crippen molar-refractivity contribution in [2.24, 2.45) is 0 Å². The number of fused-ring (bicyclic) bond motifs is 1. The van der Waals surface area contributed by atoms with Gasteiger partial charge in [0.25, 0.3) is 0 Å². The Morgan fingerprint density at radius 2 is 2.15 bits per heavy atom. The minimum atomic E-state index is 0.715. The molecule has 2 aromatic heterocycles. The largest absolute Gasteiger partial charge is 0.391 e. The van der Waals surface area contributed by atoms with Gasteiger partial charge >= 0.3 is 0 Å². The molecule has 0 spiro atoms. The molecule has 0 radical (unpaired) electrons. The van der Waals surface area contributed by atoms with Gasteiger partial charge in [0.05, 0.1) is 20.9 Å². The van der Waals surface area contributed by atoms with Gasteiger partial charge in [-0.3, -0.25) is 0 Å². The fourth-order valence-electron chi connectivity index (χ4n) is 2.45. The molecule has 0 unspecified atom stereocenters. The molecule has 0 atom stereocenters. The van der Waals surface area contributed by atoms with Crippen molar-refractivity contribution in [3.63, 3.8) is 0 Å². The van der Waals surface area contributed by atoms with E-state index >= 15 is 0 Å². The standard InChI is InChI=1S/C15H16ClN3S/c1-3-6-19-12-5-4-10(16)8-11(12)18-15(19)14-9(2)7-13(17)20-14/h4-5,7-8H,3,6,17H2,1-2H3. The summed E-state index contributed by atoms with van der Waals surface area (Å²) < 4.78 is 2.25. The van der Waals surface area contributed by atoms with E-state index in [1.54, 1.807) is 11.3 Å². The van der Waals surface area contributed by atoms with Crippen molar-refractivity contribution in [2.75, 3.05) is 5.73 Å². The second kappa shape index (κ2) is 5.11. The SMILES string of the molecule is CCCn1c(-c2sc(N)cc2C)nc2cc(Cl)ccc21. The highest BCUT2D eigenvalue weighted by molar-refractivity contribution is 7.19. The Kier molecular flexibility index (Phi) is 3.44. The van der Waals surface area contributed by atoms with E-state index in [1.165, 1.54) is 5.56 Å². The average Bonchev–Trinajstić information content (AvgIpc) is 2.90. The van der Waals surface area contributed by atoms with Crippen molar-refractivity contribution >= 4 is 39.0 Å².